The fourth-order valence-corrected chi connectivity index (χ4v) is 1.81. The van der Waals surface area contributed by atoms with E-state index in [2.05, 4.69) is 15.3 Å². The molecule has 0 radical (unpaired) electrons. The van der Waals surface area contributed by atoms with Gasteiger partial charge in [-0.25, -0.2) is 9.37 Å². The SMILES string of the molecule is C[C@H](Nc1nc(Cl)ncc1F)[C@H](O)c1ccccc1. The molecule has 2 rings (SSSR count). The number of nitrogens with zero attached hydrogens (tertiary/aromatic N) is 2. The van der Waals surface area contributed by atoms with Crippen molar-refractivity contribution < 1.29 is 9.50 Å². The Bertz CT molecular complexity index is 553. The molecule has 0 spiro atoms. The Morgan fingerprint density at radius 3 is 2.68 bits per heavy atom. The molecule has 0 fully saturated rings. The van der Waals surface area contributed by atoms with E-state index in [1.54, 1.807) is 19.1 Å². The van der Waals surface area contributed by atoms with Crippen LogP contribution in [0.1, 0.15) is 18.6 Å². The van der Waals surface area contributed by atoms with Gasteiger partial charge in [-0.15, -0.1) is 0 Å². The molecule has 1 aromatic carbocycles. The minimum absolute atomic E-state index is 0.0255. The van der Waals surface area contributed by atoms with Gasteiger partial charge in [-0.2, -0.15) is 4.98 Å². The predicted molar refractivity (Wildman–Crippen MR) is 71.5 cm³/mol. The molecule has 0 saturated carbocycles. The average Bonchev–Trinajstić information content (AvgIpc) is 2.43. The number of aliphatic hydroxyl groups is 1. The fourth-order valence-electron chi connectivity index (χ4n) is 1.68. The molecule has 0 bridgehead atoms. The van der Waals surface area contributed by atoms with Crippen LogP contribution in [0.3, 0.4) is 0 Å². The van der Waals surface area contributed by atoms with E-state index in [1.165, 1.54) is 0 Å². The summed E-state index contributed by atoms with van der Waals surface area (Å²) in [5.74, 6) is -0.640. The van der Waals surface area contributed by atoms with Crippen LogP contribution >= 0.6 is 11.6 Å². The number of hydrogen-bond acceptors (Lipinski definition) is 4. The third kappa shape index (κ3) is 3.39. The summed E-state index contributed by atoms with van der Waals surface area (Å²) < 4.78 is 13.5. The van der Waals surface area contributed by atoms with Gasteiger partial charge in [0.25, 0.3) is 0 Å². The Balaban J connectivity index is 2.12. The summed E-state index contributed by atoms with van der Waals surface area (Å²) in [7, 11) is 0. The smallest absolute Gasteiger partial charge is 0.224 e. The largest absolute Gasteiger partial charge is 0.386 e. The molecule has 0 aliphatic heterocycles. The third-order valence-electron chi connectivity index (χ3n) is 2.69. The van der Waals surface area contributed by atoms with Crippen molar-refractivity contribution in [2.45, 2.75) is 19.1 Å². The van der Waals surface area contributed by atoms with Gasteiger partial charge >= 0.3 is 0 Å². The van der Waals surface area contributed by atoms with E-state index >= 15 is 0 Å². The number of benzene rings is 1. The molecule has 100 valence electrons. The van der Waals surface area contributed by atoms with Crippen LogP contribution in [0.25, 0.3) is 0 Å². The highest BCUT2D eigenvalue weighted by molar-refractivity contribution is 6.28. The maximum atomic E-state index is 13.5. The molecule has 2 atom stereocenters. The summed E-state index contributed by atoms with van der Waals surface area (Å²) in [6.07, 6.45) is 0.202. The van der Waals surface area contributed by atoms with E-state index in [4.69, 9.17) is 11.6 Å². The van der Waals surface area contributed by atoms with Crippen molar-refractivity contribution in [1.29, 1.82) is 0 Å². The second kappa shape index (κ2) is 5.95. The molecule has 19 heavy (non-hydrogen) atoms. The maximum absolute atomic E-state index is 13.5. The van der Waals surface area contributed by atoms with Crippen molar-refractivity contribution in [3.63, 3.8) is 0 Å². The summed E-state index contributed by atoms with van der Waals surface area (Å²) >= 11 is 5.61. The molecule has 0 saturated heterocycles. The average molecular weight is 282 g/mol. The molecule has 0 amide bonds. The van der Waals surface area contributed by atoms with Gasteiger partial charge in [0, 0.05) is 0 Å². The third-order valence-corrected chi connectivity index (χ3v) is 2.88. The predicted octanol–water partition coefficient (Wildman–Crippen LogP) is 2.80. The second-order valence-corrected chi connectivity index (χ2v) is 4.46. The molecule has 6 heteroatoms. The number of halogens is 2. The molecule has 4 nitrogen and oxygen atoms in total. The first-order chi connectivity index (χ1) is 9.08. The molecule has 2 aromatic rings. The van der Waals surface area contributed by atoms with Gasteiger partial charge < -0.3 is 10.4 Å². The van der Waals surface area contributed by atoms with Gasteiger partial charge in [0.1, 0.15) is 0 Å². The van der Waals surface area contributed by atoms with Crippen LogP contribution in [-0.4, -0.2) is 21.1 Å². The van der Waals surface area contributed by atoms with Gasteiger partial charge in [0.05, 0.1) is 18.3 Å². The lowest BCUT2D eigenvalue weighted by molar-refractivity contribution is 0.160. The highest BCUT2D eigenvalue weighted by Crippen LogP contribution is 2.20. The molecule has 0 unspecified atom stereocenters. The molecular formula is C13H13ClFN3O. The van der Waals surface area contributed by atoms with E-state index in [1.807, 2.05) is 18.2 Å². The summed E-state index contributed by atoms with van der Waals surface area (Å²) in [6, 6.07) is 8.68. The molecule has 2 N–H and O–H groups in total. The van der Waals surface area contributed by atoms with E-state index in [-0.39, 0.29) is 11.1 Å². The van der Waals surface area contributed by atoms with Gasteiger partial charge in [0.2, 0.25) is 5.28 Å². The number of aliphatic hydroxyl groups excluding tert-OH is 1. The minimum Gasteiger partial charge on any atom is -0.386 e. The van der Waals surface area contributed by atoms with Crippen molar-refractivity contribution in [2.24, 2.45) is 0 Å². The standard InChI is InChI=1S/C13H13ClFN3O/c1-8(11(19)9-5-3-2-4-6-9)17-12-10(15)7-16-13(14)18-12/h2-8,11,19H,1H3,(H,16,17,18)/t8-,11-/m0/s1. The highest BCUT2D eigenvalue weighted by Gasteiger charge is 2.18. The van der Waals surface area contributed by atoms with Crippen LogP contribution in [0.2, 0.25) is 5.28 Å². The monoisotopic (exact) mass is 281 g/mol. The first-order valence-electron chi connectivity index (χ1n) is 5.75. The van der Waals surface area contributed by atoms with Crippen molar-refractivity contribution in [2.75, 3.05) is 5.32 Å². The number of nitrogens with one attached hydrogen (secondary N) is 1. The Hall–Kier alpha value is -1.72. The zero-order valence-corrected chi connectivity index (χ0v) is 11.0. The minimum atomic E-state index is -0.783. The number of hydrogen-bond donors (Lipinski definition) is 2. The quantitative estimate of drug-likeness (QED) is 0.846. The summed E-state index contributed by atoms with van der Waals surface area (Å²) in [6.45, 7) is 1.73. The highest BCUT2D eigenvalue weighted by atomic mass is 35.5. The van der Waals surface area contributed by atoms with Crippen LogP contribution in [0, 0.1) is 5.82 Å². The lowest BCUT2D eigenvalue weighted by Gasteiger charge is -2.21. The molecule has 1 heterocycles. The van der Waals surface area contributed by atoms with Crippen LogP contribution in [0.4, 0.5) is 10.2 Å². The Morgan fingerprint density at radius 1 is 1.32 bits per heavy atom. The lowest BCUT2D eigenvalue weighted by atomic mass is 10.0. The number of rotatable bonds is 4. The first-order valence-corrected chi connectivity index (χ1v) is 6.13. The Labute approximate surface area is 115 Å². The van der Waals surface area contributed by atoms with Gasteiger partial charge in [-0.1, -0.05) is 30.3 Å². The molecule has 0 aliphatic rings. The van der Waals surface area contributed by atoms with Crippen molar-refractivity contribution in [1.82, 2.24) is 9.97 Å². The van der Waals surface area contributed by atoms with Crippen LogP contribution < -0.4 is 5.32 Å². The number of aromatic nitrogens is 2. The summed E-state index contributed by atoms with van der Waals surface area (Å²) in [5, 5.41) is 12.9. The molecule has 0 aliphatic carbocycles. The second-order valence-electron chi connectivity index (χ2n) is 4.12. The molecule has 1 aromatic heterocycles. The summed E-state index contributed by atoms with van der Waals surface area (Å²) in [5.41, 5.74) is 0.739. The van der Waals surface area contributed by atoms with Gasteiger partial charge in [0.15, 0.2) is 11.6 Å². The fraction of sp³-hybridized carbons (Fsp3) is 0.231. The van der Waals surface area contributed by atoms with E-state index < -0.39 is 18.0 Å². The van der Waals surface area contributed by atoms with E-state index in [9.17, 15) is 9.50 Å². The Kier molecular flexibility index (Phi) is 4.29. The maximum Gasteiger partial charge on any atom is 0.224 e. The normalized spacial score (nSPS) is 13.9. The Morgan fingerprint density at radius 2 is 2.00 bits per heavy atom. The van der Waals surface area contributed by atoms with Crippen LogP contribution in [-0.2, 0) is 0 Å². The summed E-state index contributed by atoms with van der Waals surface area (Å²) in [4.78, 5) is 7.27. The van der Waals surface area contributed by atoms with Gasteiger partial charge in [-0.05, 0) is 24.1 Å². The zero-order valence-electron chi connectivity index (χ0n) is 10.2. The van der Waals surface area contributed by atoms with Crippen molar-refractivity contribution in [3.05, 3.63) is 53.2 Å². The van der Waals surface area contributed by atoms with Crippen LogP contribution in [0.5, 0.6) is 0 Å². The van der Waals surface area contributed by atoms with Crippen molar-refractivity contribution in [3.8, 4) is 0 Å². The van der Waals surface area contributed by atoms with E-state index in [0.717, 1.165) is 11.8 Å². The first kappa shape index (κ1) is 13.7. The van der Waals surface area contributed by atoms with Gasteiger partial charge in [-0.3, -0.25) is 0 Å². The zero-order chi connectivity index (χ0) is 13.8. The molecular weight excluding hydrogens is 269 g/mol. The lowest BCUT2D eigenvalue weighted by Crippen LogP contribution is -2.25. The number of anilines is 1. The topological polar surface area (TPSA) is 58.0 Å². The van der Waals surface area contributed by atoms with E-state index in [0.29, 0.717) is 0 Å². The van der Waals surface area contributed by atoms with Crippen LogP contribution in [0.15, 0.2) is 36.5 Å². The van der Waals surface area contributed by atoms with Crippen molar-refractivity contribution >= 4 is 17.4 Å².